The van der Waals surface area contributed by atoms with E-state index in [4.69, 9.17) is 5.11 Å². The summed E-state index contributed by atoms with van der Waals surface area (Å²) in [6.45, 7) is 6.18. The van der Waals surface area contributed by atoms with E-state index < -0.39 is 23.5 Å². The fraction of sp³-hybridized carbons (Fsp3) is 0.538. The number of nitrogens with one attached hydrogen (secondary N) is 1. The van der Waals surface area contributed by atoms with E-state index >= 15 is 0 Å². The lowest BCUT2D eigenvalue weighted by Gasteiger charge is -2.32. The fourth-order valence-corrected chi connectivity index (χ4v) is 1.52. The minimum Gasteiger partial charge on any atom is -0.385 e. The molecule has 2 nitrogen and oxygen atoms in total. The summed E-state index contributed by atoms with van der Waals surface area (Å²) in [6.07, 6.45) is -11.7. The van der Waals surface area contributed by atoms with Crippen molar-refractivity contribution in [2.75, 3.05) is 11.9 Å². The molecular formula is C13H17F6NO. The van der Waals surface area contributed by atoms with Crippen LogP contribution in [0.15, 0.2) is 24.3 Å². The molecule has 0 unspecified atom stereocenters. The van der Waals surface area contributed by atoms with Gasteiger partial charge in [0.2, 0.25) is 0 Å². The van der Waals surface area contributed by atoms with Gasteiger partial charge in [-0.3, -0.25) is 0 Å². The average Bonchev–Trinajstić information content (AvgIpc) is 2.39. The van der Waals surface area contributed by atoms with Crippen LogP contribution in [0.25, 0.3) is 0 Å². The molecule has 0 saturated heterocycles. The number of aliphatic hydroxyl groups is 1. The summed E-state index contributed by atoms with van der Waals surface area (Å²) in [4.78, 5) is 0. The predicted molar refractivity (Wildman–Crippen MR) is 68.0 cm³/mol. The summed E-state index contributed by atoms with van der Waals surface area (Å²) in [5.74, 6) is 0. The van der Waals surface area contributed by atoms with Crippen LogP contribution in [0.3, 0.4) is 0 Å². The molecule has 0 atom stereocenters. The number of hydrogen-bond acceptors (Lipinski definition) is 2. The van der Waals surface area contributed by atoms with Crippen LogP contribution in [0.5, 0.6) is 0 Å². The maximum Gasteiger partial charge on any atom is 0.430 e. The molecule has 0 aliphatic rings. The van der Waals surface area contributed by atoms with E-state index in [-0.39, 0.29) is 0 Å². The van der Waals surface area contributed by atoms with E-state index in [2.05, 4.69) is 5.32 Å². The lowest BCUT2D eigenvalue weighted by Crippen LogP contribution is -2.53. The Kier molecular flexibility index (Phi) is 6.54. The first-order chi connectivity index (χ1) is 9.54. The Labute approximate surface area is 118 Å². The largest absolute Gasteiger partial charge is 0.430 e. The molecule has 2 N–H and O–H groups in total. The smallest absolute Gasteiger partial charge is 0.385 e. The molecule has 0 spiro atoms. The molecule has 0 heterocycles. The Morgan fingerprint density at radius 2 is 1.29 bits per heavy atom. The van der Waals surface area contributed by atoms with Gasteiger partial charge in [0.05, 0.1) is 0 Å². The molecule has 0 amide bonds. The van der Waals surface area contributed by atoms with Crippen molar-refractivity contribution in [2.24, 2.45) is 0 Å². The fourth-order valence-electron chi connectivity index (χ4n) is 1.52. The van der Waals surface area contributed by atoms with Gasteiger partial charge in [-0.2, -0.15) is 26.3 Å². The monoisotopic (exact) mass is 317 g/mol. The number of anilines is 1. The highest BCUT2D eigenvalue weighted by atomic mass is 19.4. The van der Waals surface area contributed by atoms with Gasteiger partial charge in [-0.1, -0.05) is 26.0 Å². The van der Waals surface area contributed by atoms with Gasteiger partial charge in [-0.25, -0.2) is 0 Å². The normalized spacial score (nSPS) is 12.5. The van der Waals surface area contributed by atoms with Crippen LogP contribution < -0.4 is 5.32 Å². The Bertz CT molecular complexity index is 410. The van der Waals surface area contributed by atoms with Crippen molar-refractivity contribution in [3.8, 4) is 0 Å². The lowest BCUT2D eigenvalue weighted by atomic mass is 9.92. The van der Waals surface area contributed by atoms with Crippen LogP contribution in [0, 0.1) is 0 Å². The molecule has 0 aromatic heterocycles. The third kappa shape index (κ3) is 4.03. The third-order valence-corrected chi connectivity index (χ3v) is 2.50. The minimum atomic E-state index is -5.86. The molecule has 1 rings (SSSR count). The molecule has 0 fully saturated rings. The Morgan fingerprint density at radius 3 is 1.57 bits per heavy atom. The molecule has 0 bridgehead atoms. The molecule has 1 aromatic rings. The first-order valence-corrected chi connectivity index (χ1v) is 6.24. The van der Waals surface area contributed by atoms with Crippen LogP contribution in [0.1, 0.15) is 26.3 Å². The van der Waals surface area contributed by atoms with E-state index in [0.717, 1.165) is 12.1 Å². The number of rotatable bonds is 3. The van der Waals surface area contributed by atoms with Gasteiger partial charge in [-0.15, -0.1) is 0 Å². The van der Waals surface area contributed by atoms with Crippen molar-refractivity contribution >= 4 is 5.69 Å². The van der Waals surface area contributed by atoms with Gasteiger partial charge in [0.15, 0.2) is 0 Å². The van der Waals surface area contributed by atoms with Gasteiger partial charge < -0.3 is 10.4 Å². The molecule has 0 saturated carbocycles. The van der Waals surface area contributed by atoms with Gasteiger partial charge >= 0.3 is 12.4 Å². The molecule has 8 heteroatoms. The Balaban J connectivity index is 0.00000191. The van der Waals surface area contributed by atoms with Crippen LogP contribution in [0.2, 0.25) is 0 Å². The van der Waals surface area contributed by atoms with E-state index in [1.165, 1.54) is 0 Å². The molecule has 122 valence electrons. The van der Waals surface area contributed by atoms with Crippen molar-refractivity contribution in [1.29, 1.82) is 0 Å². The van der Waals surface area contributed by atoms with E-state index in [1.54, 1.807) is 6.92 Å². The van der Waals surface area contributed by atoms with E-state index in [1.807, 2.05) is 13.8 Å². The summed E-state index contributed by atoms with van der Waals surface area (Å²) in [6, 6.07) is 3.28. The first kappa shape index (κ1) is 19.6. The Morgan fingerprint density at radius 1 is 0.905 bits per heavy atom. The van der Waals surface area contributed by atoms with Crippen molar-refractivity contribution in [1.82, 2.24) is 0 Å². The van der Waals surface area contributed by atoms with E-state index in [9.17, 15) is 26.3 Å². The van der Waals surface area contributed by atoms with Crippen LogP contribution >= 0.6 is 0 Å². The molecule has 1 aromatic carbocycles. The Hall–Kier alpha value is -1.44. The summed E-state index contributed by atoms with van der Waals surface area (Å²) in [5, 5.41) is 11.8. The van der Waals surface area contributed by atoms with Crippen molar-refractivity contribution < 1.29 is 31.4 Å². The SMILES string of the molecule is CC.CCNc1ccc(C(O)(C(F)(F)F)C(F)(F)F)cc1. The topological polar surface area (TPSA) is 32.3 Å². The quantitative estimate of drug-likeness (QED) is 0.807. The highest BCUT2D eigenvalue weighted by Crippen LogP contribution is 2.50. The zero-order valence-corrected chi connectivity index (χ0v) is 11.7. The van der Waals surface area contributed by atoms with Gasteiger partial charge in [0.25, 0.3) is 5.60 Å². The first-order valence-electron chi connectivity index (χ1n) is 6.24. The second-order valence-electron chi connectivity index (χ2n) is 3.81. The second kappa shape index (κ2) is 7.02. The molecule has 0 radical (unpaired) electrons. The highest BCUT2D eigenvalue weighted by Gasteiger charge is 2.71. The van der Waals surface area contributed by atoms with Gasteiger partial charge in [-0.05, 0) is 19.1 Å². The predicted octanol–water partition coefficient (Wildman–Crippen LogP) is 4.46. The zero-order valence-electron chi connectivity index (χ0n) is 11.7. The molecule has 0 aliphatic carbocycles. The molecular weight excluding hydrogens is 300 g/mol. The average molecular weight is 317 g/mol. The summed E-state index contributed by atoms with van der Waals surface area (Å²) in [5.41, 5.74) is -5.78. The number of benzene rings is 1. The van der Waals surface area contributed by atoms with Gasteiger partial charge in [0, 0.05) is 17.8 Å². The van der Waals surface area contributed by atoms with Crippen molar-refractivity contribution in [3.63, 3.8) is 0 Å². The molecule has 21 heavy (non-hydrogen) atoms. The van der Waals surface area contributed by atoms with Crippen molar-refractivity contribution in [3.05, 3.63) is 29.8 Å². The number of hydrogen-bond donors (Lipinski definition) is 2. The lowest BCUT2D eigenvalue weighted by molar-refractivity contribution is -0.376. The third-order valence-electron chi connectivity index (χ3n) is 2.50. The second-order valence-corrected chi connectivity index (χ2v) is 3.81. The number of alkyl halides is 6. The standard InChI is InChI=1S/C11H11F6NO.C2H6/c1-2-18-8-5-3-7(4-6-8)9(19,10(12,13)14)11(15,16)17;1-2/h3-6,18-19H,2H2,1H3;1-2H3. The maximum absolute atomic E-state index is 12.5. The summed E-state index contributed by atoms with van der Waals surface area (Å²) >= 11 is 0. The van der Waals surface area contributed by atoms with Crippen LogP contribution in [-0.4, -0.2) is 24.0 Å². The highest BCUT2D eigenvalue weighted by molar-refractivity contribution is 5.46. The van der Waals surface area contributed by atoms with Gasteiger partial charge in [0.1, 0.15) is 0 Å². The van der Waals surface area contributed by atoms with Crippen LogP contribution in [-0.2, 0) is 5.60 Å². The zero-order chi connectivity index (χ0) is 16.9. The number of halogens is 6. The minimum absolute atomic E-state index is 0.359. The molecule has 0 aliphatic heterocycles. The van der Waals surface area contributed by atoms with Crippen LogP contribution in [0.4, 0.5) is 32.0 Å². The summed E-state index contributed by atoms with van der Waals surface area (Å²) < 4.78 is 75.3. The van der Waals surface area contributed by atoms with Crippen molar-refractivity contribution in [2.45, 2.75) is 38.7 Å². The summed E-state index contributed by atoms with van der Waals surface area (Å²) in [7, 11) is 0. The maximum atomic E-state index is 12.5. The van der Waals surface area contributed by atoms with E-state index in [0.29, 0.717) is 24.4 Å².